The molecule has 0 unspecified atom stereocenters. The third-order valence-electron chi connectivity index (χ3n) is 4.82. The topological polar surface area (TPSA) is 56.8 Å². The van der Waals surface area contributed by atoms with E-state index in [0.29, 0.717) is 29.4 Å². The van der Waals surface area contributed by atoms with Crippen molar-refractivity contribution in [1.82, 2.24) is 5.32 Å². The second-order valence-corrected chi connectivity index (χ2v) is 6.38. The summed E-state index contributed by atoms with van der Waals surface area (Å²) in [6.45, 7) is 0.494. The van der Waals surface area contributed by atoms with Gasteiger partial charge in [-0.1, -0.05) is 12.1 Å². The number of amides is 1. The monoisotopic (exact) mass is 359 g/mol. The molecule has 138 valence electrons. The molecule has 0 spiro atoms. The van der Waals surface area contributed by atoms with Gasteiger partial charge in [-0.25, -0.2) is 4.39 Å². The van der Waals surface area contributed by atoms with Gasteiger partial charge in [0.15, 0.2) is 11.5 Å². The Bertz CT molecular complexity index is 775. The Hall–Kier alpha value is -2.76. The minimum atomic E-state index is -0.258. The fraction of sp³-hybridized carbons (Fsp3) is 0.350. The molecule has 0 aliphatic heterocycles. The van der Waals surface area contributed by atoms with Crippen molar-refractivity contribution in [3.05, 3.63) is 53.3 Å². The van der Waals surface area contributed by atoms with Gasteiger partial charge in [0.2, 0.25) is 5.75 Å². The highest BCUT2D eigenvalue weighted by Crippen LogP contribution is 2.47. The number of carbonyl (C=O) groups excluding carboxylic acids is 1. The summed E-state index contributed by atoms with van der Waals surface area (Å²) in [5, 5.41) is 2.97. The second-order valence-electron chi connectivity index (χ2n) is 6.38. The van der Waals surface area contributed by atoms with Crippen LogP contribution >= 0.6 is 0 Å². The van der Waals surface area contributed by atoms with Crippen LogP contribution in [-0.2, 0) is 5.41 Å². The van der Waals surface area contributed by atoms with Crippen molar-refractivity contribution in [1.29, 1.82) is 0 Å². The maximum Gasteiger partial charge on any atom is 0.251 e. The predicted octanol–water partition coefficient (Wildman–Crippen LogP) is 3.31. The van der Waals surface area contributed by atoms with Gasteiger partial charge in [-0.2, -0.15) is 0 Å². The molecule has 3 rings (SSSR count). The van der Waals surface area contributed by atoms with Crippen LogP contribution in [0.1, 0.15) is 28.8 Å². The van der Waals surface area contributed by atoms with E-state index in [0.717, 1.165) is 18.4 Å². The lowest BCUT2D eigenvalue weighted by atomic mass is 9.96. The number of halogens is 1. The Kier molecular flexibility index (Phi) is 5.02. The largest absolute Gasteiger partial charge is 0.493 e. The van der Waals surface area contributed by atoms with Crippen molar-refractivity contribution < 1.29 is 23.4 Å². The van der Waals surface area contributed by atoms with Crippen LogP contribution in [0.25, 0.3) is 0 Å². The van der Waals surface area contributed by atoms with Crippen LogP contribution in [0.5, 0.6) is 17.2 Å². The molecule has 1 N–H and O–H groups in total. The van der Waals surface area contributed by atoms with Crippen molar-refractivity contribution in [2.45, 2.75) is 18.3 Å². The van der Waals surface area contributed by atoms with Crippen LogP contribution in [0.4, 0.5) is 4.39 Å². The third kappa shape index (κ3) is 3.45. The molecule has 0 heterocycles. The average Bonchev–Trinajstić information content (AvgIpc) is 3.46. The minimum Gasteiger partial charge on any atom is -0.493 e. The van der Waals surface area contributed by atoms with Crippen molar-refractivity contribution in [3.63, 3.8) is 0 Å². The molecule has 5 nitrogen and oxygen atoms in total. The number of nitrogens with one attached hydrogen (secondary N) is 1. The van der Waals surface area contributed by atoms with Crippen molar-refractivity contribution in [2.24, 2.45) is 0 Å². The zero-order chi connectivity index (χ0) is 18.7. The van der Waals surface area contributed by atoms with E-state index < -0.39 is 0 Å². The molecule has 26 heavy (non-hydrogen) atoms. The van der Waals surface area contributed by atoms with Crippen LogP contribution in [0.3, 0.4) is 0 Å². The number of rotatable bonds is 7. The van der Waals surface area contributed by atoms with Gasteiger partial charge in [0.25, 0.3) is 5.91 Å². The van der Waals surface area contributed by atoms with Gasteiger partial charge in [-0.05, 0) is 42.7 Å². The lowest BCUT2D eigenvalue weighted by Gasteiger charge is -2.18. The van der Waals surface area contributed by atoms with Gasteiger partial charge in [-0.3, -0.25) is 4.79 Å². The number of hydrogen-bond donors (Lipinski definition) is 1. The lowest BCUT2D eigenvalue weighted by molar-refractivity contribution is 0.0949. The van der Waals surface area contributed by atoms with Crippen LogP contribution in [-0.4, -0.2) is 33.8 Å². The lowest BCUT2D eigenvalue weighted by Crippen LogP contribution is -2.32. The van der Waals surface area contributed by atoms with Crippen LogP contribution in [0.2, 0.25) is 0 Å². The van der Waals surface area contributed by atoms with Gasteiger partial charge in [0, 0.05) is 17.5 Å². The molecule has 2 aromatic rings. The Morgan fingerprint density at radius 3 is 2.08 bits per heavy atom. The van der Waals surface area contributed by atoms with Gasteiger partial charge in [0.1, 0.15) is 5.82 Å². The molecule has 1 saturated carbocycles. The summed E-state index contributed by atoms with van der Waals surface area (Å²) in [5.41, 5.74) is 1.36. The van der Waals surface area contributed by atoms with Crippen molar-refractivity contribution >= 4 is 5.91 Å². The Morgan fingerprint density at radius 1 is 1.04 bits per heavy atom. The van der Waals surface area contributed by atoms with Crippen LogP contribution in [0, 0.1) is 5.82 Å². The summed E-state index contributed by atoms with van der Waals surface area (Å²) in [6.07, 6.45) is 1.93. The van der Waals surface area contributed by atoms with Gasteiger partial charge in [-0.15, -0.1) is 0 Å². The maximum absolute atomic E-state index is 13.1. The van der Waals surface area contributed by atoms with E-state index in [-0.39, 0.29) is 17.1 Å². The molecule has 1 amide bonds. The first-order valence-electron chi connectivity index (χ1n) is 8.37. The van der Waals surface area contributed by atoms with Crippen molar-refractivity contribution in [3.8, 4) is 17.2 Å². The normalized spacial score (nSPS) is 14.5. The van der Waals surface area contributed by atoms with E-state index in [1.807, 2.05) is 0 Å². The predicted molar refractivity (Wildman–Crippen MR) is 95.7 cm³/mol. The molecule has 0 saturated heterocycles. The number of benzene rings is 2. The van der Waals surface area contributed by atoms with E-state index >= 15 is 0 Å². The zero-order valence-electron chi connectivity index (χ0n) is 15.1. The van der Waals surface area contributed by atoms with Gasteiger partial charge in [0.05, 0.1) is 21.3 Å². The standard InChI is InChI=1S/C20H22FNO4/c1-24-16-10-13(11-17(25-2)18(16)26-3)19(23)22-12-20(8-9-20)14-4-6-15(21)7-5-14/h4-7,10-11H,8-9,12H2,1-3H3,(H,22,23). The quantitative estimate of drug-likeness (QED) is 0.824. The highest BCUT2D eigenvalue weighted by Gasteiger charge is 2.44. The molecule has 6 heteroatoms. The van der Waals surface area contributed by atoms with E-state index in [2.05, 4.69) is 5.32 Å². The van der Waals surface area contributed by atoms with Crippen LogP contribution in [0.15, 0.2) is 36.4 Å². The summed E-state index contributed by atoms with van der Waals surface area (Å²) < 4.78 is 29.0. The Balaban J connectivity index is 1.75. The molecule has 0 bridgehead atoms. The van der Waals surface area contributed by atoms with Gasteiger partial charge < -0.3 is 19.5 Å². The summed E-state index contributed by atoms with van der Waals surface area (Å²) in [6, 6.07) is 9.72. The van der Waals surface area contributed by atoms with E-state index in [9.17, 15) is 9.18 Å². The Morgan fingerprint density at radius 2 is 1.62 bits per heavy atom. The number of carbonyl (C=O) groups is 1. The van der Waals surface area contributed by atoms with Crippen molar-refractivity contribution in [2.75, 3.05) is 27.9 Å². The van der Waals surface area contributed by atoms with E-state index in [1.165, 1.54) is 33.5 Å². The number of methoxy groups -OCH3 is 3. The number of hydrogen-bond acceptors (Lipinski definition) is 4. The fourth-order valence-electron chi connectivity index (χ4n) is 3.09. The molecule has 1 aliphatic rings. The van der Waals surface area contributed by atoms with E-state index in [4.69, 9.17) is 14.2 Å². The second kappa shape index (κ2) is 7.23. The Labute approximate surface area is 152 Å². The number of ether oxygens (including phenoxy) is 3. The highest BCUT2D eigenvalue weighted by atomic mass is 19.1. The molecule has 1 fully saturated rings. The van der Waals surface area contributed by atoms with Gasteiger partial charge >= 0.3 is 0 Å². The molecule has 0 aromatic heterocycles. The summed E-state index contributed by atoms with van der Waals surface area (Å²) >= 11 is 0. The summed E-state index contributed by atoms with van der Waals surface area (Å²) in [5.74, 6) is 0.813. The molecule has 0 atom stereocenters. The van der Waals surface area contributed by atoms with E-state index in [1.54, 1.807) is 24.3 Å². The average molecular weight is 359 g/mol. The first-order chi connectivity index (χ1) is 12.5. The molecular formula is C20H22FNO4. The maximum atomic E-state index is 13.1. The summed E-state index contributed by atoms with van der Waals surface area (Å²) in [7, 11) is 4.53. The highest BCUT2D eigenvalue weighted by molar-refractivity contribution is 5.95. The third-order valence-corrected chi connectivity index (χ3v) is 4.82. The summed E-state index contributed by atoms with van der Waals surface area (Å²) in [4.78, 5) is 12.6. The molecule has 1 aliphatic carbocycles. The first-order valence-corrected chi connectivity index (χ1v) is 8.37. The zero-order valence-corrected chi connectivity index (χ0v) is 15.1. The first kappa shape index (κ1) is 18.0. The molecule has 0 radical (unpaired) electrons. The minimum absolute atomic E-state index is 0.107. The molecule has 2 aromatic carbocycles. The fourth-order valence-corrected chi connectivity index (χ4v) is 3.09. The smallest absolute Gasteiger partial charge is 0.251 e. The SMILES string of the molecule is COc1cc(C(=O)NCC2(c3ccc(F)cc3)CC2)cc(OC)c1OC. The van der Waals surface area contributed by atoms with Crippen LogP contribution < -0.4 is 19.5 Å². The molecular weight excluding hydrogens is 337 g/mol.